The molecule has 1 aromatic carbocycles. The SMILES string of the molecule is Cc1ccc(N2CCCCC2)c(C=NS(=O)C(C)(C)C)c1. The van der Waals surface area contributed by atoms with Gasteiger partial charge in [0.25, 0.3) is 0 Å². The van der Waals surface area contributed by atoms with Crippen LogP contribution in [0.1, 0.15) is 51.2 Å². The summed E-state index contributed by atoms with van der Waals surface area (Å²) in [6.45, 7) is 10.1. The highest BCUT2D eigenvalue weighted by molar-refractivity contribution is 7.85. The average Bonchev–Trinajstić information content (AvgIpc) is 2.44. The maximum absolute atomic E-state index is 12.1. The van der Waals surface area contributed by atoms with Gasteiger partial charge in [-0.25, -0.2) is 4.21 Å². The van der Waals surface area contributed by atoms with E-state index < -0.39 is 11.0 Å². The van der Waals surface area contributed by atoms with Crippen LogP contribution in [0.3, 0.4) is 0 Å². The lowest BCUT2D eigenvalue weighted by molar-refractivity contribution is 0.577. The second kappa shape index (κ2) is 6.73. The second-order valence-electron chi connectivity index (χ2n) is 6.71. The first kappa shape index (κ1) is 16.2. The van der Waals surface area contributed by atoms with E-state index in [2.05, 4.69) is 34.4 Å². The summed E-state index contributed by atoms with van der Waals surface area (Å²) in [6, 6.07) is 6.44. The lowest BCUT2D eigenvalue weighted by Crippen LogP contribution is -2.30. The van der Waals surface area contributed by atoms with Gasteiger partial charge >= 0.3 is 0 Å². The Morgan fingerprint density at radius 2 is 1.86 bits per heavy atom. The number of rotatable bonds is 3. The summed E-state index contributed by atoms with van der Waals surface area (Å²) in [6.07, 6.45) is 5.61. The van der Waals surface area contributed by atoms with Gasteiger partial charge in [-0.2, -0.15) is 4.40 Å². The normalized spacial score (nSPS) is 18.2. The van der Waals surface area contributed by atoms with Crippen LogP contribution in [-0.4, -0.2) is 28.3 Å². The summed E-state index contributed by atoms with van der Waals surface area (Å²) >= 11 is 0. The number of benzene rings is 1. The smallest absolute Gasteiger partial charge is 0.144 e. The van der Waals surface area contributed by atoms with Crippen molar-refractivity contribution in [3.05, 3.63) is 29.3 Å². The van der Waals surface area contributed by atoms with Gasteiger partial charge in [0.05, 0.1) is 4.75 Å². The molecular weight excluding hydrogens is 280 g/mol. The second-order valence-corrected chi connectivity index (χ2v) is 8.64. The molecule has 0 saturated carbocycles. The molecule has 2 rings (SSSR count). The van der Waals surface area contributed by atoms with Gasteiger partial charge in [0.1, 0.15) is 11.0 Å². The van der Waals surface area contributed by atoms with Crippen molar-refractivity contribution in [2.75, 3.05) is 18.0 Å². The minimum Gasteiger partial charge on any atom is -0.371 e. The molecule has 21 heavy (non-hydrogen) atoms. The lowest BCUT2D eigenvalue weighted by atomic mass is 10.1. The van der Waals surface area contributed by atoms with Crippen LogP contribution in [0, 0.1) is 6.92 Å². The Kier molecular flexibility index (Phi) is 5.20. The van der Waals surface area contributed by atoms with E-state index in [0.29, 0.717) is 0 Å². The predicted octanol–water partition coefficient (Wildman–Crippen LogP) is 3.87. The molecule has 1 heterocycles. The molecule has 0 amide bonds. The fraction of sp³-hybridized carbons (Fsp3) is 0.588. The molecule has 1 aliphatic rings. The lowest BCUT2D eigenvalue weighted by Gasteiger charge is -2.30. The average molecular weight is 306 g/mol. The van der Waals surface area contributed by atoms with Crippen molar-refractivity contribution < 1.29 is 4.21 Å². The van der Waals surface area contributed by atoms with Gasteiger partial charge < -0.3 is 4.90 Å². The minimum atomic E-state index is -1.21. The largest absolute Gasteiger partial charge is 0.371 e. The maximum Gasteiger partial charge on any atom is 0.144 e. The van der Waals surface area contributed by atoms with Crippen molar-refractivity contribution in [3.63, 3.8) is 0 Å². The molecule has 1 saturated heterocycles. The van der Waals surface area contributed by atoms with E-state index >= 15 is 0 Å². The first-order valence-corrected chi connectivity index (χ1v) is 8.80. The third-order valence-corrected chi connectivity index (χ3v) is 5.04. The van der Waals surface area contributed by atoms with E-state index in [-0.39, 0.29) is 4.75 Å². The standard InChI is InChI=1S/C17H26N2OS/c1-14-8-9-16(19-10-6-5-7-11-19)15(12-14)13-18-21(20)17(2,3)4/h8-9,12-13H,5-7,10-11H2,1-4H3. The third-order valence-electron chi connectivity index (χ3n) is 3.69. The van der Waals surface area contributed by atoms with Crippen LogP contribution >= 0.6 is 0 Å². The van der Waals surface area contributed by atoms with E-state index in [9.17, 15) is 4.21 Å². The van der Waals surface area contributed by atoms with Crippen LogP contribution in [0.4, 0.5) is 5.69 Å². The van der Waals surface area contributed by atoms with Crippen LogP contribution in [0.5, 0.6) is 0 Å². The molecule has 3 nitrogen and oxygen atoms in total. The third kappa shape index (κ3) is 4.40. The quantitative estimate of drug-likeness (QED) is 0.794. The topological polar surface area (TPSA) is 32.7 Å². The summed E-state index contributed by atoms with van der Waals surface area (Å²) < 4.78 is 16.1. The number of hydrogen-bond donors (Lipinski definition) is 0. The van der Waals surface area contributed by atoms with Gasteiger partial charge in [-0.15, -0.1) is 0 Å². The van der Waals surface area contributed by atoms with Crippen LogP contribution < -0.4 is 4.90 Å². The number of hydrogen-bond acceptors (Lipinski definition) is 2. The first-order chi connectivity index (χ1) is 9.88. The van der Waals surface area contributed by atoms with Crippen molar-refractivity contribution in [1.82, 2.24) is 0 Å². The Morgan fingerprint density at radius 3 is 2.48 bits per heavy atom. The van der Waals surface area contributed by atoms with Crippen molar-refractivity contribution >= 4 is 22.9 Å². The molecule has 1 unspecified atom stereocenters. The summed E-state index contributed by atoms with van der Waals surface area (Å²) in [7, 11) is -1.21. The first-order valence-electron chi connectivity index (χ1n) is 7.69. The Hall–Kier alpha value is -1.16. The molecule has 0 aliphatic carbocycles. The van der Waals surface area contributed by atoms with Gasteiger partial charge in [-0.3, -0.25) is 0 Å². The predicted molar refractivity (Wildman–Crippen MR) is 92.7 cm³/mol. The molecule has 0 spiro atoms. The van der Waals surface area contributed by atoms with Crippen LogP contribution in [0.15, 0.2) is 22.6 Å². The molecule has 1 aliphatic heterocycles. The van der Waals surface area contributed by atoms with Crippen LogP contribution in [0.2, 0.25) is 0 Å². The number of aryl methyl sites for hydroxylation is 1. The fourth-order valence-corrected chi connectivity index (χ4v) is 2.99. The molecule has 0 radical (unpaired) electrons. The molecule has 0 bridgehead atoms. The monoisotopic (exact) mass is 306 g/mol. The Morgan fingerprint density at radius 1 is 1.19 bits per heavy atom. The Labute approximate surface area is 131 Å². The number of piperidine rings is 1. The molecule has 0 N–H and O–H groups in total. The summed E-state index contributed by atoms with van der Waals surface area (Å²) in [5, 5.41) is 0. The van der Waals surface area contributed by atoms with Gasteiger partial charge in [0.2, 0.25) is 0 Å². The van der Waals surface area contributed by atoms with E-state index in [1.807, 2.05) is 20.8 Å². The zero-order valence-electron chi connectivity index (χ0n) is 13.6. The highest BCUT2D eigenvalue weighted by Crippen LogP contribution is 2.24. The highest BCUT2D eigenvalue weighted by atomic mass is 32.2. The maximum atomic E-state index is 12.1. The molecule has 116 valence electrons. The zero-order valence-corrected chi connectivity index (χ0v) is 14.4. The van der Waals surface area contributed by atoms with Crippen molar-refractivity contribution in [2.24, 2.45) is 4.40 Å². The van der Waals surface area contributed by atoms with Gasteiger partial charge in [-0.05, 0) is 59.1 Å². The Balaban J connectivity index is 2.27. The summed E-state index contributed by atoms with van der Waals surface area (Å²) in [5.74, 6) is 0. The van der Waals surface area contributed by atoms with Crippen molar-refractivity contribution in [3.8, 4) is 0 Å². The molecule has 1 fully saturated rings. The molecule has 0 aromatic heterocycles. The van der Waals surface area contributed by atoms with Crippen molar-refractivity contribution in [1.29, 1.82) is 0 Å². The van der Waals surface area contributed by atoms with E-state index in [1.54, 1.807) is 6.21 Å². The number of nitrogens with zero attached hydrogens (tertiary/aromatic N) is 2. The van der Waals surface area contributed by atoms with E-state index in [4.69, 9.17) is 0 Å². The zero-order chi connectivity index (χ0) is 15.5. The molecule has 4 heteroatoms. The minimum absolute atomic E-state index is 0.314. The van der Waals surface area contributed by atoms with Crippen LogP contribution in [-0.2, 0) is 11.0 Å². The van der Waals surface area contributed by atoms with E-state index in [0.717, 1.165) is 18.7 Å². The van der Waals surface area contributed by atoms with Gasteiger partial charge in [-0.1, -0.05) is 11.6 Å². The molecule has 1 atom stereocenters. The van der Waals surface area contributed by atoms with E-state index in [1.165, 1.54) is 30.5 Å². The fourth-order valence-electron chi connectivity index (χ4n) is 2.46. The van der Waals surface area contributed by atoms with Crippen molar-refractivity contribution in [2.45, 2.75) is 51.7 Å². The molecule has 1 aromatic rings. The summed E-state index contributed by atoms with van der Waals surface area (Å²) in [4.78, 5) is 2.42. The summed E-state index contributed by atoms with van der Waals surface area (Å²) in [5.41, 5.74) is 3.50. The van der Waals surface area contributed by atoms with Gasteiger partial charge in [0, 0.05) is 30.6 Å². The molecular formula is C17H26N2OS. The Bertz CT molecular complexity index is 540. The van der Waals surface area contributed by atoms with Crippen LogP contribution in [0.25, 0.3) is 0 Å². The highest BCUT2D eigenvalue weighted by Gasteiger charge is 2.19. The number of anilines is 1. The van der Waals surface area contributed by atoms with Gasteiger partial charge in [0.15, 0.2) is 0 Å².